The zero-order valence-electron chi connectivity index (χ0n) is 18.6. The Bertz CT molecular complexity index is 1480. The van der Waals surface area contributed by atoms with Crippen molar-refractivity contribution in [1.29, 1.82) is 5.26 Å². The monoisotopic (exact) mass is 474 g/mol. The van der Waals surface area contributed by atoms with Gasteiger partial charge in [0.25, 0.3) is 5.91 Å². The molecule has 1 aromatic carbocycles. The van der Waals surface area contributed by atoms with E-state index in [0.717, 1.165) is 27.9 Å². The molecule has 3 heterocycles. The molecule has 35 heavy (non-hydrogen) atoms. The number of aryl methyl sites for hydroxylation is 2. The van der Waals surface area contributed by atoms with E-state index in [1.54, 1.807) is 30.3 Å². The van der Waals surface area contributed by atoms with Crippen LogP contribution < -0.4 is 5.32 Å². The van der Waals surface area contributed by atoms with Gasteiger partial charge in [0.1, 0.15) is 11.8 Å². The number of nitriles is 1. The number of benzene rings is 1. The number of hydrogen-bond donors (Lipinski definition) is 1. The lowest BCUT2D eigenvalue weighted by molar-refractivity contribution is -0.137. The van der Waals surface area contributed by atoms with Gasteiger partial charge >= 0.3 is 6.18 Å². The zero-order chi connectivity index (χ0) is 25.2. The van der Waals surface area contributed by atoms with Crippen molar-refractivity contribution in [3.05, 3.63) is 89.1 Å². The molecule has 0 aliphatic heterocycles. The summed E-state index contributed by atoms with van der Waals surface area (Å²) < 4.78 is 38.8. The number of aromatic nitrogens is 4. The zero-order valence-corrected chi connectivity index (χ0v) is 18.6. The third-order valence-corrected chi connectivity index (χ3v) is 5.14. The van der Waals surface area contributed by atoms with Gasteiger partial charge in [-0.05, 0) is 73.0 Å². The normalized spacial score (nSPS) is 11.1. The molecule has 0 fully saturated rings. The highest BCUT2D eigenvalue weighted by molar-refractivity contribution is 6.03. The van der Waals surface area contributed by atoms with Crippen molar-refractivity contribution >= 4 is 11.6 Å². The maximum absolute atomic E-state index is 12.9. The quantitative estimate of drug-likeness (QED) is 0.427. The molecular weight excluding hydrogens is 457 g/mol. The fourth-order valence-electron chi connectivity index (χ4n) is 3.46. The Labute approximate surface area is 198 Å². The fourth-order valence-corrected chi connectivity index (χ4v) is 3.46. The molecule has 1 amide bonds. The number of nitrogens with one attached hydrogen (secondary N) is 1. The molecule has 0 aliphatic rings. The largest absolute Gasteiger partial charge is 0.418 e. The van der Waals surface area contributed by atoms with Gasteiger partial charge in [0.05, 0.1) is 17.5 Å². The lowest BCUT2D eigenvalue weighted by Gasteiger charge is -2.13. The van der Waals surface area contributed by atoms with Gasteiger partial charge in [-0.1, -0.05) is 6.07 Å². The first kappa shape index (κ1) is 23.5. The van der Waals surface area contributed by atoms with Gasteiger partial charge in [-0.15, -0.1) is 5.10 Å². The third kappa shape index (κ3) is 5.30. The first-order valence-electron chi connectivity index (χ1n) is 10.3. The summed E-state index contributed by atoms with van der Waals surface area (Å²) in [6.07, 6.45) is -2.54. The highest BCUT2D eigenvalue weighted by Crippen LogP contribution is 2.31. The number of carbonyl (C=O) groups is 1. The molecule has 0 saturated heterocycles. The lowest BCUT2D eigenvalue weighted by Crippen LogP contribution is -2.16. The molecule has 3 aromatic heterocycles. The number of rotatable bonds is 4. The molecular formula is C25H17F3N6O. The summed E-state index contributed by atoms with van der Waals surface area (Å²) in [5.74, 6) is -0.814. The van der Waals surface area contributed by atoms with E-state index in [2.05, 4.69) is 25.5 Å². The summed E-state index contributed by atoms with van der Waals surface area (Å²) in [6, 6.07) is 15.0. The second-order valence-electron chi connectivity index (χ2n) is 7.74. The molecule has 0 atom stereocenters. The number of alkyl halides is 3. The SMILES string of the molecule is Cc1cc(-c2cc(NC(=O)c3cc(C(F)(F)F)cnn3)ccc2C)cc(-c2ccnc(C#N)c2)n1. The Hall–Kier alpha value is -4.65. The maximum atomic E-state index is 12.9. The van der Waals surface area contributed by atoms with Gasteiger partial charge in [-0.25, -0.2) is 4.98 Å². The number of nitrogens with zero attached hydrogens (tertiary/aromatic N) is 5. The van der Waals surface area contributed by atoms with Crippen molar-refractivity contribution in [1.82, 2.24) is 20.2 Å². The molecule has 0 saturated carbocycles. The molecule has 0 aliphatic carbocycles. The summed E-state index contributed by atoms with van der Waals surface area (Å²) in [5.41, 5.74) is 3.76. The molecule has 174 valence electrons. The molecule has 10 heteroatoms. The summed E-state index contributed by atoms with van der Waals surface area (Å²) in [5, 5.41) is 18.5. The number of pyridine rings is 2. The Kier molecular flexibility index (Phi) is 6.25. The molecule has 1 N–H and O–H groups in total. The number of anilines is 1. The van der Waals surface area contributed by atoms with Crippen molar-refractivity contribution in [2.45, 2.75) is 20.0 Å². The summed E-state index contributed by atoms with van der Waals surface area (Å²) >= 11 is 0. The first-order chi connectivity index (χ1) is 16.6. The Morgan fingerprint density at radius 1 is 1.03 bits per heavy atom. The maximum Gasteiger partial charge on any atom is 0.418 e. The van der Waals surface area contributed by atoms with E-state index < -0.39 is 23.3 Å². The second-order valence-corrected chi connectivity index (χ2v) is 7.74. The first-order valence-corrected chi connectivity index (χ1v) is 10.3. The molecule has 0 bridgehead atoms. The number of carbonyl (C=O) groups excluding carboxylic acids is 1. The van der Waals surface area contributed by atoms with Crippen LogP contribution in [0.2, 0.25) is 0 Å². The van der Waals surface area contributed by atoms with Gasteiger partial charge in [0.15, 0.2) is 5.69 Å². The van der Waals surface area contributed by atoms with Crippen molar-refractivity contribution in [3.8, 4) is 28.5 Å². The highest BCUT2D eigenvalue weighted by Gasteiger charge is 2.32. The average molecular weight is 474 g/mol. The van der Waals surface area contributed by atoms with Crippen LogP contribution in [0.3, 0.4) is 0 Å². The van der Waals surface area contributed by atoms with Gasteiger partial charge in [-0.2, -0.15) is 23.5 Å². The van der Waals surface area contributed by atoms with Crippen LogP contribution >= 0.6 is 0 Å². The minimum absolute atomic E-state index is 0.269. The van der Waals surface area contributed by atoms with Crippen LogP contribution in [0.5, 0.6) is 0 Å². The minimum Gasteiger partial charge on any atom is -0.321 e. The molecule has 0 unspecified atom stereocenters. The lowest BCUT2D eigenvalue weighted by atomic mass is 9.98. The van der Waals surface area contributed by atoms with Gasteiger partial charge in [0.2, 0.25) is 0 Å². The van der Waals surface area contributed by atoms with Crippen LogP contribution in [0.1, 0.15) is 33.0 Å². The van der Waals surface area contributed by atoms with Crippen LogP contribution in [-0.4, -0.2) is 26.1 Å². The number of halogens is 3. The van der Waals surface area contributed by atoms with Crippen molar-refractivity contribution in [2.24, 2.45) is 0 Å². The fraction of sp³-hybridized carbons (Fsp3) is 0.120. The van der Waals surface area contributed by atoms with Crippen LogP contribution in [0.4, 0.5) is 18.9 Å². The van der Waals surface area contributed by atoms with E-state index in [9.17, 15) is 18.0 Å². The van der Waals surface area contributed by atoms with Crippen molar-refractivity contribution in [2.75, 3.05) is 5.32 Å². The van der Waals surface area contributed by atoms with Gasteiger partial charge in [-0.3, -0.25) is 9.78 Å². The second kappa shape index (κ2) is 9.30. The molecule has 0 spiro atoms. The van der Waals surface area contributed by atoms with Crippen LogP contribution in [0.25, 0.3) is 22.4 Å². The standard InChI is InChI=1S/C25H17F3N6O/c1-14-3-4-19(33-24(35)23-10-18(13-31-34-23)25(26,27)28)11-21(14)17-7-15(2)32-22(9-17)16-5-6-30-20(8-16)12-29/h3-11,13H,1-2H3,(H,33,35). The van der Waals surface area contributed by atoms with E-state index in [-0.39, 0.29) is 5.69 Å². The predicted octanol–water partition coefficient (Wildman–Crippen LogP) is 5.36. The van der Waals surface area contributed by atoms with E-state index in [1.165, 1.54) is 6.20 Å². The van der Waals surface area contributed by atoms with Crippen molar-refractivity contribution in [3.63, 3.8) is 0 Å². The number of amides is 1. The Morgan fingerprint density at radius 3 is 2.57 bits per heavy atom. The van der Waals surface area contributed by atoms with Gasteiger partial charge < -0.3 is 5.32 Å². The van der Waals surface area contributed by atoms with E-state index in [0.29, 0.717) is 23.6 Å². The molecule has 7 nitrogen and oxygen atoms in total. The van der Waals surface area contributed by atoms with Crippen LogP contribution in [-0.2, 0) is 6.18 Å². The minimum atomic E-state index is -4.64. The smallest absolute Gasteiger partial charge is 0.321 e. The van der Waals surface area contributed by atoms with Crippen molar-refractivity contribution < 1.29 is 18.0 Å². The Morgan fingerprint density at radius 2 is 1.83 bits per heavy atom. The molecule has 4 aromatic rings. The summed E-state index contributed by atoms with van der Waals surface area (Å²) in [6.45, 7) is 3.74. The van der Waals surface area contributed by atoms with E-state index in [1.807, 2.05) is 32.0 Å². The van der Waals surface area contributed by atoms with E-state index in [4.69, 9.17) is 5.26 Å². The summed E-state index contributed by atoms with van der Waals surface area (Å²) in [7, 11) is 0. The highest BCUT2D eigenvalue weighted by atomic mass is 19.4. The number of hydrogen-bond acceptors (Lipinski definition) is 6. The van der Waals surface area contributed by atoms with Gasteiger partial charge in [0, 0.05) is 23.1 Å². The van der Waals surface area contributed by atoms with Crippen LogP contribution in [0.15, 0.2) is 60.9 Å². The molecule has 0 radical (unpaired) electrons. The predicted molar refractivity (Wildman–Crippen MR) is 122 cm³/mol. The average Bonchev–Trinajstić information content (AvgIpc) is 2.84. The summed E-state index contributed by atoms with van der Waals surface area (Å²) in [4.78, 5) is 21.1. The third-order valence-electron chi connectivity index (χ3n) is 5.14. The topological polar surface area (TPSA) is 104 Å². The molecule has 4 rings (SSSR count). The van der Waals surface area contributed by atoms with Crippen LogP contribution in [0, 0.1) is 25.2 Å². The van der Waals surface area contributed by atoms with E-state index >= 15 is 0 Å². The Balaban J connectivity index is 1.67.